The van der Waals surface area contributed by atoms with E-state index in [1.165, 1.54) is 11.4 Å². The molecule has 10 nitrogen and oxygen atoms in total. The van der Waals surface area contributed by atoms with Gasteiger partial charge in [-0.15, -0.1) is 0 Å². The molecule has 1 heterocycles. The van der Waals surface area contributed by atoms with Gasteiger partial charge in [0.05, 0.1) is 41.2 Å². The van der Waals surface area contributed by atoms with E-state index in [1.54, 1.807) is 84.1 Å². The number of ether oxygens (including phenoxy) is 6. The number of anilines is 1. The van der Waals surface area contributed by atoms with Crippen LogP contribution in [0.2, 0.25) is 0 Å². The van der Waals surface area contributed by atoms with Crippen LogP contribution in [-0.4, -0.2) is 74.1 Å². The van der Waals surface area contributed by atoms with E-state index in [1.807, 2.05) is 6.07 Å². The van der Waals surface area contributed by atoms with E-state index in [0.717, 1.165) is 31.6 Å². The molecule has 43 heavy (non-hydrogen) atoms. The number of methoxy groups -OCH3 is 6. The molecular weight excluding hydrogens is 572 g/mol. The smallest absolute Gasteiger partial charge is 0.247 e. The topological polar surface area (TPSA) is 96.0 Å². The van der Waals surface area contributed by atoms with Crippen LogP contribution in [0.15, 0.2) is 59.5 Å². The highest BCUT2D eigenvalue weighted by atomic mass is 32.2. The maximum Gasteiger partial charge on any atom is 0.247 e. The van der Waals surface area contributed by atoms with Crippen molar-refractivity contribution >= 4 is 15.7 Å². The van der Waals surface area contributed by atoms with Crippen molar-refractivity contribution in [2.45, 2.75) is 43.4 Å². The van der Waals surface area contributed by atoms with Crippen molar-refractivity contribution in [1.29, 1.82) is 0 Å². The highest BCUT2D eigenvalue weighted by molar-refractivity contribution is 7.89. The molecule has 1 aliphatic heterocycles. The third kappa shape index (κ3) is 7.29. The van der Waals surface area contributed by atoms with Crippen molar-refractivity contribution in [2.75, 3.05) is 60.6 Å². The Labute approximate surface area is 255 Å². The zero-order valence-electron chi connectivity index (χ0n) is 26.0. The molecule has 0 spiro atoms. The first-order valence-corrected chi connectivity index (χ1v) is 15.4. The summed E-state index contributed by atoms with van der Waals surface area (Å²) in [4.78, 5) is 2.26. The molecule has 4 rings (SSSR count). The summed E-state index contributed by atoms with van der Waals surface area (Å²) in [7, 11) is 5.32. The molecule has 0 N–H and O–H groups in total. The predicted octanol–water partition coefficient (Wildman–Crippen LogP) is 5.13. The lowest BCUT2D eigenvalue weighted by atomic mass is 9.93. The van der Waals surface area contributed by atoms with Gasteiger partial charge in [-0.1, -0.05) is 6.07 Å². The van der Waals surface area contributed by atoms with E-state index in [0.29, 0.717) is 34.1 Å². The lowest BCUT2D eigenvalue weighted by molar-refractivity contribution is -0.0132. The van der Waals surface area contributed by atoms with Gasteiger partial charge in [0.25, 0.3) is 0 Å². The standard InChI is InChI=1S/C32H42N2O8S/c1-32(42-7)12-14-33(15-13-32)25-9-11-29(40-5)31(18-25)43(35,36)34(21-23-16-27(38-3)19-28(17-23)39-4)22-24-8-10-26(37-2)20-30(24)41-6/h8-11,16-20H,12-15,21-22H2,1-7H3. The lowest BCUT2D eigenvalue weighted by Gasteiger charge is -2.39. The molecule has 3 aromatic rings. The lowest BCUT2D eigenvalue weighted by Crippen LogP contribution is -2.43. The van der Waals surface area contributed by atoms with Gasteiger partial charge in [0.15, 0.2) is 0 Å². The Hall–Kier alpha value is -3.67. The van der Waals surface area contributed by atoms with Gasteiger partial charge >= 0.3 is 0 Å². The van der Waals surface area contributed by atoms with Gasteiger partial charge in [-0.2, -0.15) is 4.31 Å². The molecule has 0 amide bonds. The number of hydrogen-bond donors (Lipinski definition) is 0. The van der Waals surface area contributed by atoms with Crippen LogP contribution < -0.4 is 28.6 Å². The molecule has 0 aliphatic carbocycles. The minimum atomic E-state index is -4.12. The molecule has 1 aliphatic rings. The summed E-state index contributed by atoms with van der Waals surface area (Å²) in [6.07, 6.45) is 1.66. The van der Waals surface area contributed by atoms with E-state index in [9.17, 15) is 8.42 Å². The van der Waals surface area contributed by atoms with E-state index >= 15 is 0 Å². The monoisotopic (exact) mass is 614 g/mol. The Kier molecular flexibility index (Phi) is 10.3. The van der Waals surface area contributed by atoms with Crippen molar-refractivity contribution in [2.24, 2.45) is 0 Å². The maximum atomic E-state index is 14.6. The van der Waals surface area contributed by atoms with Crippen LogP contribution in [-0.2, 0) is 27.8 Å². The van der Waals surface area contributed by atoms with Crippen molar-refractivity contribution in [3.8, 4) is 28.7 Å². The second kappa shape index (κ2) is 13.7. The van der Waals surface area contributed by atoms with E-state index in [-0.39, 0.29) is 29.3 Å². The summed E-state index contributed by atoms with van der Waals surface area (Å²) >= 11 is 0. The maximum absolute atomic E-state index is 14.6. The quantitative estimate of drug-likeness (QED) is 0.260. The predicted molar refractivity (Wildman–Crippen MR) is 165 cm³/mol. The second-order valence-electron chi connectivity index (χ2n) is 10.6. The molecular formula is C32H42N2O8S. The zero-order chi connectivity index (χ0) is 31.2. The molecule has 0 radical (unpaired) electrons. The number of nitrogens with zero attached hydrogens (tertiary/aromatic N) is 2. The number of rotatable bonds is 13. The molecule has 1 fully saturated rings. The Morgan fingerprint density at radius 1 is 0.721 bits per heavy atom. The van der Waals surface area contributed by atoms with Gasteiger partial charge in [-0.05, 0) is 61.7 Å². The number of sulfonamides is 1. The fourth-order valence-electron chi connectivity index (χ4n) is 5.20. The van der Waals surface area contributed by atoms with E-state index in [4.69, 9.17) is 28.4 Å². The molecule has 0 atom stereocenters. The van der Waals surface area contributed by atoms with Gasteiger partial charge in [0, 0.05) is 56.7 Å². The first-order valence-electron chi connectivity index (χ1n) is 14.0. The van der Waals surface area contributed by atoms with Gasteiger partial charge in [0.2, 0.25) is 10.0 Å². The van der Waals surface area contributed by atoms with Crippen molar-refractivity contribution in [3.05, 3.63) is 65.7 Å². The second-order valence-corrected chi connectivity index (χ2v) is 12.6. The minimum Gasteiger partial charge on any atom is -0.497 e. The number of hydrogen-bond acceptors (Lipinski definition) is 9. The van der Waals surface area contributed by atoms with Gasteiger partial charge < -0.3 is 33.3 Å². The molecule has 234 valence electrons. The largest absolute Gasteiger partial charge is 0.497 e. The van der Waals surface area contributed by atoms with Crippen LogP contribution in [0.25, 0.3) is 0 Å². The Morgan fingerprint density at radius 2 is 1.35 bits per heavy atom. The van der Waals surface area contributed by atoms with Crippen LogP contribution in [0.3, 0.4) is 0 Å². The number of benzene rings is 3. The Balaban J connectivity index is 1.78. The summed E-state index contributed by atoms with van der Waals surface area (Å²) in [5, 5.41) is 0. The van der Waals surface area contributed by atoms with Crippen molar-refractivity contribution < 1.29 is 36.8 Å². The molecule has 11 heteroatoms. The molecule has 1 saturated heterocycles. The van der Waals surface area contributed by atoms with Crippen LogP contribution in [0, 0.1) is 0 Å². The van der Waals surface area contributed by atoms with Gasteiger partial charge in [-0.3, -0.25) is 0 Å². The van der Waals surface area contributed by atoms with E-state index in [2.05, 4.69) is 11.8 Å². The first-order chi connectivity index (χ1) is 20.6. The SMILES string of the molecule is COc1cc(CN(Cc2ccc(OC)cc2OC)S(=O)(=O)c2cc(N3CCC(C)(OC)CC3)ccc2OC)cc(OC)c1. The average molecular weight is 615 g/mol. The van der Waals surface area contributed by atoms with Crippen LogP contribution in [0.4, 0.5) is 5.69 Å². The highest BCUT2D eigenvalue weighted by Crippen LogP contribution is 2.37. The van der Waals surface area contributed by atoms with Crippen molar-refractivity contribution in [3.63, 3.8) is 0 Å². The molecule has 0 bridgehead atoms. The fraction of sp³-hybridized carbons (Fsp3) is 0.438. The van der Waals surface area contributed by atoms with Gasteiger partial charge in [0.1, 0.15) is 33.6 Å². The summed E-state index contributed by atoms with van der Waals surface area (Å²) in [6, 6.07) is 16.0. The van der Waals surface area contributed by atoms with Gasteiger partial charge in [-0.25, -0.2) is 8.42 Å². The highest BCUT2D eigenvalue weighted by Gasteiger charge is 2.33. The van der Waals surface area contributed by atoms with E-state index < -0.39 is 10.0 Å². The fourth-order valence-corrected chi connectivity index (χ4v) is 6.79. The third-order valence-corrected chi connectivity index (χ3v) is 9.87. The van der Waals surface area contributed by atoms with Crippen LogP contribution >= 0.6 is 0 Å². The summed E-state index contributed by atoms with van der Waals surface area (Å²) in [6.45, 7) is 3.65. The third-order valence-electron chi connectivity index (χ3n) is 8.06. The number of piperidine rings is 1. The molecule has 0 unspecified atom stereocenters. The summed E-state index contributed by atoms with van der Waals surface area (Å²) in [5.74, 6) is 2.49. The summed E-state index contributed by atoms with van der Waals surface area (Å²) < 4.78 is 63.8. The normalized spacial score (nSPS) is 14.8. The van der Waals surface area contributed by atoms with Crippen molar-refractivity contribution in [1.82, 2.24) is 4.31 Å². The average Bonchev–Trinajstić information content (AvgIpc) is 3.04. The Morgan fingerprint density at radius 3 is 1.91 bits per heavy atom. The van der Waals surface area contributed by atoms with Crippen LogP contribution in [0.5, 0.6) is 28.7 Å². The molecule has 0 aromatic heterocycles. The van der Waals surface area contributed by atoms with Crippen LogP contribution in [0.1, 0.15) is 30.9 Å². The minimum absolute atomic E-state index is 0.0261. The summed E-state index contributed by atoms with van der Waals surface area (Å²) in [5.41, 5.74) is 1.98. The molecule has 0 saturated carbocycles. The molecule has 3 aromatic carbocycles. The Bertz CT molecular complexity index is 1480. The first kappa shape index (κ1) is 32.2. The zero-order valence-corrected chi connectivity index (χ0v) is 26.8.